The predicted octanol–water partition coefficient (Wildman–Crippen LogP) is 1.93. The first-order chi connectivity index (χ1) is 10.1. The van der Waals surface area contributed by atoms with Crippen molar-refractivity contribution in [2.75, 3.05) is 13.1 Å². The van der Waals surface area contributed by atoms with Crippen LogP contribution in [0.2, 0.25) is 0 Å². The van der Waals surface area contributed by atoms with Gasteiger partial charge in [-0.2, -0.15) is 0 Å². The Hall–Kier alpha value is -2.50. The number of benzene rings is 1. The molecule has 0 saturated carbocycles. The van der Waals surface area contributed by atoms with Gasteiger partial charge in [0.25, 0.3) is 0 Å². The summed E-state index contributed by atoms with van der Waals surface area (Å²) in [6.07, 6.45) is 0. The average Bonchev–Trinajstić information content (AvgIpc) is 2.89. The second-order valence-electron chi connectivity index (χ2n) is 4.69. The van der Waals surface area contributed by atoms with E-state index in [0.29, 0.717) is 12.3 Å². The molecular formula is C15H19N3O3. The minimum Gasteiger partial charge on any atom is -0.459 e. The van der Waals surface area contributed by atoms with Crippen LogP contribution in [0.3, 0.4) is 0 Å². The Kier molecular flexibility index (Phi) is 4.81. The van der Waals surface area contributed by atoms with Gasteiger partial charge in [0.15, 0.2) is 0 Å². The van der Waals surface area contributed by atoms with Gasteiger partial charge in [0.05, 0.1) is 12.6 Å². The minimum absolute atomic E-state index is 0.0491. The molecule has 1 heterocycles. The molecule has 1 atom stereocenters. The molecule has 0 fully saturated rings. The molecule has 1 aromatic carbocycles. The molecule has 1 unspecified atom stereocenters. The lowest BCUT2D eigenvalue weighted by Crippen LogP contribution is -2.42. The molecule has 1 aromatic heterocycles. The Bertz CT molecular complexity index is 603. The van der Waals surface area contributed by atoms with Crippen molar-refractivity contribution < 1.29 is 14.0 Å². The van der Waals surface area contributed by atoms with E-state index in [1.807, 2.05) is 44.2 Å². The summed E-state index contributed by atoms with van der Waals surface area (Å²) in [4.78, 5) is 23.0. The zero-order chi connectivity index (χ0) is 15.2. The first kappa shape index (κ1) is 14.9. The van der Waals surface area contributed by atoms with Crippen molar-refractivity contribution in [1.29, 1.82) is 0 Å². The van der Waals surface area contributed by atoms with Crippen molar-refractivity contribution in [3.63, 3.8) is 0 Å². The lowest BCUT2D eigenvalue weighted by molar-refractivity contribution is -0.119. The summed E-state index contributed by atoms with van der Waals surface area (Å²) < 4.78 is 5.67. The normalized spacial score (nSPS) is 11.9. The summed E-state index contributed by atoms with van der Waals surface area (Å²) in [6.45, 7) is 4.13. The number of urea groups is 1. The van der Waals surface area contributed by atoms with Gasteiger partial charge in [0.2, 0.25) is 5.91 Å². The van der Waals surface area contributed by atoms with Gasteiger partial charge in [0.1, 0.15) is 11.3 Å². The Labute approximate surface area is 122 Å². The van der Waals surface area contributed by atoms with Gasteiger partial charge in [-0.25, -0.2) is 4.79 Å². The van der Waals surface area contributed by atoms with E-state index in [1.54, 1.807) is 0 Å². The Morgan fingerprint density at radius 3 is 2.71 bits per heavy atom. The number of nitrogens with one attached hydrogen (secondary N) is 3. The van der Waals surface area contributed by atoms with Crippen molar-refractivity contribution in [2.45, 2.75) is 19.9 Å². The molecule has 3 N–H and O–H groups in total. The molecule has 2 aromatic rings. The summed E-state index contributed by atoms with van der Waals surface area (Å²) in [6, 6.07) is 8.85. The average molecular weight is 289 g/mol. The van der Waals surface area contributed by atoms with Gasteiger partial charge in [-0.3, -0.25) is 4.79 Å². The highest BCUT2D eigenvalue weighted by Gasteiger charge is 2.14. The second kappa shape index (κ2) is 6.78. The summed E-state index contributed by atoms with van der Waals surface area (Å²) in [5.74, 6) is 0.452. The SMILES string of the molecule is CCNC(=O)CNC(=O)NC(C)c1cc2ccccc2o1. The molecule has 0 bridgehead atoms. The van der Waals surface area contributed by atoms with Gasteiger partial charge in [-0.05, 0) is 26.0 Å². The fourth-order valence-electron chi connectivity index (χ4n) is 1.95. The molecule has 0 radical (unpaired) electrons. The van der Waals surface area contributed by atoms with Crippen LogP contribution < -0.4 is 16.0 Å². The van der Waals surface area contributed by atoms with Gasteiger partial charge >= 0.3 is 6.03 Å². The maximum atomic E-state index is 11.7. The van der Waals surface area contributed by atoms with E-state index in [-0.39, 0.29) is 18.5 Å². The van der Waals surface area contributed by atoms with E-state index < -0.39 is 6.03 Å². The highest BCUT2D eigenvalue weighted by atomic mass is 16.3. The number of hydrogen-bond acceptors (Lipinski definition) is 3. The molecule has 0 saturated heterocycles. The first-order valence-corrected chi connectivity index (χ1v) is 6.89. The fourth-order valence-corrected chi connectivity index (χ4v) is 1.95. The van der Waals surface area contributed by atoms with Crippen molar-refractivity contribution in [2.24, 2.45) is 0 Å². The van der Waals surface area contributed by atoms with Crippen molar-refractivity contribution in [3.8, 4) is 0 Å². The van der Waals surface area contributed by atoms with Crippen LogP contribution in [0.1, 0.15) is 25.6 Å². The zero-order valence-corrected chi connectivity index (χ0v) is 12.1. The van der Waals surface area contributed by atoms with Crippen molar-refractivity contribution >= 4 is 22.9 Å². The summed E-state index contributed by atoms with van der Waals surface area (Å²) in [7, 11) is 0. The third-order valence-corrected chi connectivity index (χ3v) is 3.00. The molecule has 21 heavy (non-hydrogen) atoms. The summed E-state index contributed by atoms with van der Waals surface area (Å²) >= 11 is 0. The molecule has 6 nitrogen and oxygen atoms in total. The molecule has 3 amide bonds. The molecule has 0 aliphatic carbocycles. The number of carbonyl (C=O) groups excluding carboxylic acids is 2. The maximum Gasteiger partial charge on any atom is 0.315 e. The van der Waals surface area contributed by atoms with Crippen LogP contribution in [0.4, 0.5) is 4.79 Å². The fraction of sp³-hybridized carbons (Fsp3) is 0.333. The van der Waals surface area contributed by atoms with Gasteiger partial charge in [0, 0.05) is 11.9 Å². The predicted molar refractivity (Wildman–Crippen MR) is 79.8 cm³/mol. The Morgan fingerprint density at radius 2 is 2.00 bits per heavy atom. The van der Waals surface area contributed by atoms with Crippen LogP contribution in [-0.4, -0.2) is 25.0 Å². The molecule has 0 aliphatic rings. The number of fused-ring (bicyclic) bond motifs is 1. The lowest BCUT2D eigenvalue weighted by Gasteiger charge is -2.12. The number of rotatable bonds is 5. The van der Waals surface area contributed by atoms with E-state index in [9.17, 15) is 9.59 Å². The largest absolute Gasteiger partial charge is 0.459 e. The van der Waals surface area contributed by atoms with Crippen LogP contribution in [0, 0.1) is 0 Å². The quantitative estimate of drug-likeness (QED) is 0.786. The van der Waals surface area contributed by atoms with Crippen molar-refractivity contribution in [1.82, 2.24) is 16.0 Å². The lowest BCUT2D eigenvalue weighted by atomic mass is 10.2. The molecule has 0 aliphatic heterocycles. The third-order valence-electron chi connectivity index (χ3n) is 3.00. The molecule has 6 heteroatoms. The van der Waals surface area contributed by atoms with E-state index in [1.165, 1.54) is 0 Å². The van der Waals surface area contributed by atoms with E-state index >= 15 is 0 Å². The van der Waals surface area contributed by atoms with Crippen LogP contribution in [-0.2, 0) is 4.79 Å². The zero-order valence-electron chi connectivity index (χ0n) is 12.1. The smallest absolute Gasteiger partial charge is 0.315 e. The number of amides is 3. The minimum atomic E-state index is -0.408. The van der Waals surface area contributed by atoms with E-state index in [2.05, 4.69) is 16.0 Å². The highest BCUT2D eigenvalue weighted by Crippen LogP contribution is 2.23. The van der Waals surface area contributed by atoms with Crippen LogP contribution in [0.5, 0.6) is 0 Å². The van der Waals surface area contributed by atoms with Crippen LogP contribution >= 0.6 is 0 Å². The summed E-state index contributed by atoms with van der Waals surface area (Å²) in [5.41, 5.74) is 0.781. The number of likely N-dealkylation sites (N-methyl/N-ethyl adjacent to an activating group) is 1. The topological polar surface area (TPSA) is 83.4 Å². The van der Waals surface area contributed by atoms with Gasteiger partial charge in [-0.15, -0.1) is 0 Å². The number of carbonyl (C=O) groups is 2. The van der Waals surface area contributed by atoms with Gasteiger partial charge < -0.3 is 20.4 Å². The monoisotopic (exact) mass is 289 g/mol. The molecule has 112 valence electrons. The molecular weight excluding hydrogens is 270 g/mol. The Morgan fingerprint density at radius 1 is 1.24 bits per heavy atom. The first-order valence-electron chi connectivity index (χ1n) is 6.89. The standard InChI is InChI=1S/C15H19N3O3/c1-3-16-14(19)9-17-15(20)18-10(2)13-8-11-6-4-5-7-12(11)21-13/h4-8,10H,3,9H2,1-2H3,(H,16,19)(H2,17,18,20). The maximum absolute atomic E-state index is 11.7. The van der Waals surface area contributed by atoms with E-state index in [4.69, 9.17) is 4.42 Å². The van der Waals surface area contributed by atoms with E-state index in [0.717, 1.165) is 11.0 Å². The molecule has 2 rings (SSSR count). The number of hydrogen-bond donors (Lipinski definition) is 3. The third kappa shape index (κ3) is 3.98. The second-order valence-corrected chi connectivity index (χ2v) is 4.69. The summed E-state index contributed by atoms with van der Waals surface area (Å²) in [5, 5.41) is 8.82. The molecule has 0 spiro atoms. The van der Waals surface area contributed by atoms with Crippen molar-refractivity contribution in [3.05, 3.63) is 36.1 Å². The number of para-hydroxylation sites is 1. The highest BCUT2D eigenvalue weighted by molar-refractivity contribution is 5.84. The van der Waals surface area contributed by atoms with Gasteiger partial charge in [-0.1, -0.05) is 18.2 Å². The van der Waals surface area contributed by atoms with Crippen LogP contribution in [0.15, 0.2) is 34.7 Å². The number of furan rings is 1. The Balaban J connectivity index is 1.90. The van der Waals surface area contributed by atoms with Crippen LogP contribution in [0.25, 0.3) is 11.0 Å².